The molecule has 1 saturated carbocycles. The molecule has 1 amide bonds. The van der Waals surface area contributed by atoms with E-state index < -0.39 is 0 Å². The number of halogens is 1. The van der Waals surface area contributed by atoms with Crippen LogP contribution in [0, 0.1) is 6.92 Å². The molecule has 0 unspecified atom stereocenters. The summed E-state index contributed by atoms with van der Waals surface area (Å²) in [6, 6.07) is 3.76. The molecule has 1 aliphatic rings. The van der Waals surface area contributed by atoms with Gasteiger partial charge in [-0.2, -0.15) is 0 Å². The third-order valence-corrected chi connectivity index (χ3v) is 2.82. The highest BCUT2D eigenvalue weighted by Gasteiger charge is 2.25. The van der Waals surface area contributed by atoms with Gasteiger partial charge in [-0.1, -0.05) is 11.6 Å². The molecule has 0 heterocycles. The molecule has 16 heavy (non-hydrogen) atoms. The first kappa shape index (κ1) is 11.3. The molecule has 0 aliphatic heterocycles. The van der Waals surface area contributed by atoms with Crippen molar-refractivity contribution in [2.45, 2.75) is 25.8 Å². The second kappa shape index (κ2) is 4.34. The van der Waals surface area contributed by atoms with Gasteiger partial charge in [0, 0.05) is 11.1 Å². The summed E-state index contributed by atoms with van der Waals surface area (Å²) in [5.41, 5.74) is 1.38. The lowest BCUT2D eigenvalue weighted by Crippen LogP contribution is -2.26. The maximum absolute atomic E-state index is 11.9. The second-order valence-electron chi connectivity index (χ2n) is 4.05. The molecule has 4 heteroatoms. The highest BCUT2D eigenvalue weighted by molar-refractivity contribution is 6.31. The Labute approximate surface area is 99.7 Å². The number of hydrogen-bond donors (Lipinski definition) is 1. The lowest BCUT2D eigenvalue weighted by Gasteiger charge is -2.11. The van der Waals surface area contributed by atoms with E-state index in [1.807, 2.05) is 6.92 Å². The maximum Gasteiger partial charge on any atom is 0.255 e. The van der Waals surface area contributed by atoms with Gasteiger partial charge in [0.25, 0.3) is 5.91 Å². The van der Waals surface area contributed by atoms with E-state index in [2.05, 4.69) is 5.32 Å². The molecule has 2 rings (SSSR count). The van der Waals surface area contributed by atoms with Crippen molar-refractivity contribution in [3.8, 4) is 5.75 Å². The molecule has 0 spiro atoms. The first-order chi connectivity index (χ1) is 7.61. The third-order valence-electron chi connectivity index (χ3n) is 2.60. The molecular weight excluding hydrogens is 226 g/mol. The Hall–Kier alpha value is -1.22. The van der Waals surface area contributed by atoms with Crippen molar-refractivity contribution in [1.82, 2.24) is 5.32 Å². The predicted molar refractivity (Wildman–Crippen MR) is 63.2 cm³/mol. The van der Waals surface area contributed by atoms with Gasteiger partial charge in [0.1, 0.15) is 5.75 Å². The molecule has 1 N–H and O–H groups in total. The zero-order valence-electron chi connectivity index (χ0n) is 9.34. The largest absolute Gasteiger partial charge is 0.496 e. The molecule has 0 atom stereocenters. The number of nitrogens with one attached hydrogen (secondary N) is 1. The number of ether oxygens (including phenoxy) is 1. The van der Waals surface area contributed by atoms with Gasteiger partial charge in [-0.25, -0.2) is 0 Å². The van der Waals surface area contributed by atoms with E-state index in [1.54, 1.807) is 19.2 Å². The zero-order chi connectivity index (χ0) is 11.7. The van der Waals surface area contributed by atoms with Crippen molar-refractivity contribution in [1.29, 1.82) is 0 Å². The van der Waals surface area contributed by atoms with Crippen LogP contribution in [0.2, 0.25) is 5.02 Å². The van der Waals surface area contributed by atoms with Gasteiger partial charge >= 0.3 is 0 Å². The lowest BCUT2D eigenvalue weighted by molar-refractivity contribution is 0.0948. The van der Waals surface area contributed by atoms with Crippen LogP contribution in [0.4, 0.5) is 0 Å². The summed E-state index contributed by atoms with van der Waals surface area (Å²) < 4.78 is 5.23. The van der Waals surface area contributed by atoms with E-state index in [1.165, 1.54) is 0 Å². The quantitative estimate of drug-likeness (QED) is 0.881. The van der Waals surface area contributed by atoms with Gasteiger partial charge in [-0.15, -0.1) is 0 Å². The molecule has 1 aromatic rings. The molecule has 1 fully saturated rings. The Morgan fingerprint density at radius 1 is 1.50 bits per heavy atom. The molecule has 0 saturated heterocycles. The van der Waals surface area contributed by atoms with Crippen LogP contribution < -0.4 is 10.1 Å². The van der Waals surface area contributed by atoms with Crippen LogP contribution in [0.1, 0.15) is 28.8 Å². The smallest absolute Gasteiger partial charge is 0.255 e. The van der Waals surface area contributed by atoms with Gasteiger partial charge in [0.2, 0.25) is 0 Å². The number of methoxy groups -OCH3 is 1. The summed E-state index contributed by atoms with van der Waals surface area (Å²) in [5, 5.41) is 3.48. The minimum absolute atomic E-state index is 0.107. The number of carbonyl (C=O) groups excluding carboxylic acids is 1. The highest BCUT2D eigenvalue weighted by Crippen LogP contribution is 2.28. The standard InChI is InChI=1S/C12H14ClNO2/c1-7-5-8(13)6-10(11(7)16-2)12(15)14-9-3-4-9/h5-6,9H,3-4H2,1-2H3,(H,14,15). The molecule has 1 aliphatic carbocycles. The summed E-state index contributed by atoms with van der Waals surface area (Å²) in [6.45, 7) is 1.87. The highest BCUT2D eigenvalue weighted by atomic mass is 35.5. The van der Waals surface area contributed by atoms with Crippen molar-refractivity contribution in [3.63, 3.8) is 0 Å². The van der Waals surface area contributed by atoms with Gasteiger partial charge in [0.05, 0.1) is 12.7 Å². The first-order valence-electron chi connectivity index (χ1n) is 5.27. The fourth-order valence-corrected chi connectivity index (χ4v) is 1.93. The van der Waals surface area contributed by atoms with E-state index >= 15 is 0 Å². The fourth-order valence-electron chi connectivity index (χ4n) is 1.66. The number of aryl methyl sites for hydroxylation is 1. The molecule has 0 radical (unpaired) electrons. The van der Waals surface area contributed by atoms with Crippen molar-refractivity contribution in [3.05, 3.63) is 28.3 Å². The van der Waals surface area contributed by atoms with E-state index in [4.69, 9.17) is 16.3 Å². The summed E-state index contributed by atoms with van der Waals surface area (Å²) in [6.07, 6.45) is 2.13. The van der Waals surface area contributed by atoms with Crippen molar-refractivity contribution < 1.29 is 9.53 Å². The number of hydrogen-bond acceptors (Lipinski definition) is 2. The monoisotopic (exact) mass is 239 g/mol. The van der Waals surface area contributed by atoms with Gasteiger partial charge in [-0.3, -0.25) is 4.79 Å². The number of rotatable bonds is 3. The lowest BCUT2D eigenvalue weighted by atomic mass is 10.1. The van der Waals surface area contributed by atoms with Crippen LogP contribution >= 0.6 is 11.6 Å². The number of amides is 1. The van der Waals surface area contributed by atoms with Crippen LogP contribution in [-0.2, 0) is 0 Å². The molecule has 86 valence electrons. The van der Waals surface area contributed by atoms with Crippen LogP contribution in [0.3, 0.4) is 0 Å². The summed E-state index contributed by atoms with van der Waals surface area (Å²) in [7, 11) is 1.56. The Balaban J connectivity index is 2.32. The van der Waals surface area contributed by atoms with E-state index in [9.17, 15) is 4.79 Å². The minimum Gasteiger partial charge on any atom is -0.496 e. The SMILES string of the molecule is COc1c(C)cc(Cl)cc1C(=O)NC1CC1. The van der Waals surface area contributed by atoms with Crippen LogP contribution in [0.5, 0.6) is 5.75 Å². The van der Waals surface area contributed by atoms with Gasteiger partial charge < -0.3 is 10.1 Å². The Bertz CT molecular complexity index is 427. The summed E-state index contributed by atoms with van der Waals surface area (Å²) in [4.78, 5) is 11.9. The van der Waals surface area contributed by atoms with Crippen LogP contribution in [-0.4, -0.2) is 19.1 Å². The van der Waals surface area contributed by atoms with Crippen molar-refractivity contribution >= 4 is 17.5 Å². The van der Waals surface area contributed by atoms with E-state index in [-0.39, 0.29) is 5.91 Å². The second-order valence-corrected chi connectivity index (χ2v) is 4.49. The van der Waals surface area contributed by atoms with Crippen LogP contribution in [0.15, 0.2) is 12.1 Å². The fraction of sp³-hybridized carbons (Fsp3) is 0.417. The summed E-state index contributed by atoms with van der Waals surface area (Å²) >= 11 is 5.94. The zero-order valence-corrected chi connectivity index (χ0v) is 10.1. The molecule has 1 aromatic carbocycles. The normalized spacial score (nSPS) is 14.7. The molecule has 3 nitrogen and oxygen atoms in total. The van der Waals surface area contributed by atoms with E-state index in [0.717, 1.165) is 18.4 Å². The maximum atomic E-state index is 11.9. The van der Waals surface area contributed by atoms with E-state index in [0.29, 0.717) is 22.4 Å². The van der Waals surface area contributed by atoms with Crippen molar-refractivity contribution in [2.24, 2.45) is 0 Å². The predicted octanol–water partition coefficient (Wildman–Crippen LogP) is 2.55. The minimum atomic E-state index is -0.107. The molecular formula is C12H14ClNO2. The van der Waals surface area contributed by atoms with Gasteiger partial charge in [-0.05, 0) is 37.5 Å². The topological polar surface area (TPSA) is 38.3 Å². The Kier molecular flexibility index (Phi) is 3.06. The number of benzene rings is 1. The Morgan fingerprint density at radius 3 is 2.75 bits per heavy atom. The first-order valence-corrected chi connectivity index (χ1v) is 5.64. The summed E-state index contributed by atoms with van der Waals surface area (Å²) in [5.74, 6) is 0.493. The average Bonchev–Trinajstić information content (AvgIpc) is 3.00. The van der Waals surface area contributed by atoms with Crippen LogP contribution in [0.25, 0.3) is 0 Å². The number of carbonyl (C=O) groups is 1. The van der Waals surface area contributed by atoms with Crippen molar-refractivity contribution in [2.75, 3.05) is 7.11 Å². The third kappa shape index (κ3) is 2.30. The Morgan fingerprint density at radius 2 is 2.19 bits per heavy atom. The average molecular weight is 240 g/mol. The molecule has 0 bridgehead atoms. The van der Waals surface area contributed by atoms with Gasteiger partial charge in [0.15, 0.2) is 0 Å². The molecule has 0 aromatic heterocycles.